The molecule has 0 aliphatic rings. The van der Waals surface area contributed by atoms with Crippen molar-refractivity contribution >= 4 is 0 Å². The summed E-state index contributed by atoms with van der Waals surface area (Å²) in [5, 5.41) is 10.8. The predicted octanol–water partition coefficient (Wildman–Crippen LogP) is 0.654. The maximum atomic E-state index is 10.8. The van der Waals surface area contributed by atoms with E-state index >= 15 is 0 Å². The van der Waals surface area contributed by atoms with E-state index in [9.17, 15) is 5.11 Å². The second-order valence-electron chi connectivity index (χ2n) is 6.03. The van der Waals surface area contributed by atoms with Gasteiger partial charge >= 0.3 is 0 Å². The van der Waals surface area contributed by atoms with Gasteiger partial charge in [0.2, 0.25) is 0 Å². The first-order valence-corrected chi connectivity index (χ1v) is 9.62. The van der Waals surface area contributed by atoms with E-state index in [1.807, 2.05) is 0 Å². The maximum Gasteiger partial charge on any atom is 0.0110 e. The molecule has 5 heteroatoms. The molecule has 0 saturated heterocycles. The van der Waals surface area contributed by atoms with Crippen LogP contribution in [0, 0.1) is 0 Å². The van der Waals surface area contributed by atoms with Crippen LogP contribution in [0.2, 0.25) is 0 Å². The molecular weight excluding hydrogens is 288 g/mol. The molecule has 0 aromatic heterocycles. The van der Waals surface area contributed by atoms with Crippen LogP contribution >= 0.6 is 0 Å². The van der Waals surface area contributed by atoms with E-state index in [-0.39, 0.29) is 6.61 Å². The Kier molecular flexibility index (Phi) is 15.2. The average molecular weight is 330 g/mol. The molecule has 0 unspecified atom stereocenters. The Labute approximate surface area is 145 Å². The summed E-state index contributed by atoms with van der Waals surface area (Å²) in [7, 11) is 0. The van der Waals surface area contributed by atoms with Crippen molar-refractivity contribution in [1.29, 1.82) is 0 Å². The van der Waals surface area contributed by atoms with Crippen molar-refractivity contribution in [3.63, 3.8) is 0 Å². The Morgan fingerprint density at radius 1 is 0.435 bits per heavy atom. The fraction of sp³-hybridized carbons (Fsp3) is 1.00. The summed E-state index contributed by atoms with van der Waals surface area (Å²) < 4.78 is 0. The van der Waals surface area contributed by atoms with Crippen LogP contribution in [-0.4, -0.2) is 105 Å². The molecule has 0 aromatic carbocycles. The smallest absolute Gasteiger partial charge is 0.0110 e. The van der Waals surface area contributed by atoms with E-state index in [2.05, 4.69) is 54.2 Å². The Morgan fingerprint density at radius 2 is 0.696 bits per heavy atom. The largest absolute Gasteiger partial charge is 0.854 e. The number of rotatable bonds is 16. The highest BCUT2D eigenvalue weighted by atomic mass is 16.3. The summed E-state index contributed by atoms with van der Waals surface area (Å²) in [6.45, 7) is 23.9. The zero-order valence-electron chi connectivity index (χ0n) is 16.4. The Morgan fingerprint density at radius 3 is 0.957 bits per heavy atom. The van der Waals surface area contributed by atoms with Crippen molar-refractivity contribution in [1.82, 2.24) is 19.6 Å². The number of nitrogens with zero attached hydrogens (tertiary/aromatic N) is 4. The minimum Gasteiger partial charge on any atom is -0.854 e. The van der Waals surface area contributed by atoms with Gasteiger partial charge in [0.05, 0.1) is 0 Å². The van der Waals surface area contributed by atoms with Crippen LogP contribution in [0.25, 0.3) is 0 Å². The molecule has 0 aliphatic heterocycles. The molecule has 0 aliphatic carbocycles. The highest BCUT2D eigenvalue weighted by Gasteiger charge is 2.09. The average Bonchev–Trinajstić information content (AvgIpc) is 2.59. The number of likely N-dealkylation sites (N-methyl/N-ethyl adjacent to an activating group) is 4. The van der Waals surface area contributed by atoms with E-state index in [0.29, 0.717) is 6.54 Å². The molecule has 0 fully saturated rings. The second kappa shape index (κ2) is 15.3. The molecule has 0 saturated carbocycles. The van der Waals surface area contributed by atoms with Crippen molar-refractivity contribution in [2.75, 3.05) is 85.1 Å². The highest BCUT2D eigenvalue weighted by molar-refractivity contribution is 4.66. The third-order valence-electron chi connectivity index (χ3n) is 4.84. The van der Waals surface area contributed by atoms with Crippen LogP contribution in [0.1, 0.15) is 34.6 Å². The Balaban J connectivity index is 4.09. The van der Waals surface area contributed by atoms with Crippen molar-refractivity contribution < 1.29 is 5.11 Å². The van der Waals surface area contributed by atoms with Crippen LogP contribution < -0.4 is 5.11 Å². The lowest BCUT2D eigenvalue weighted by molar-refractivity contribution is -0.368. The molecule has 0 heterocycles. The van der Waals surface area contributed by atoms with E-state index < -0.39 is 0 Å². The van der Waals surface area contributed by atoms with Gasteiger partial charge in [-0.3, -0.25) is 0 Å². The standard InChI is InChI=1S/C18H41N4O/c1-6-19(7-2)11-12-20(8-3)13-14-21(9-4)15-16-22(10-5)17-18-23/h6-18H2,1-5H3/q-1. The van der Waals surface area contributed by atoms with Gasteiger partial charge in [-0.1, -0.05) is 34.6 Å². The quantitative estimate of drug-likeness (QED) is 0.416. The van der Waals surface area contributed by atoms with Crippen LogP contribution in [-0.2, 0) is 0 Å². The molecule has 0 radical (unpaired) electrons. The lowest BCUT2D eigenvalue weighted by atomic mass is 10.3. The predicted molar refractivity (Wildman–Crippen MR) is 99.0 cm³/mol. The van der Waals surface area contributed by atoms with Gasteiger partial charge in [0, 0.05) is 39.3 Å². The summed E-state index contributed by atoms with van der Waals surface area (Å²) in [5.74, 6) is 0. The maximum absolute atomic E-state index is 10.8. The van der Waals surface area contributed by atoms with Gasteiger partial charge in [-0.25, -0.2) is 0 Å². The lowest BCUT2D eigenvalue weighted by Crippen LogP contribution is -2.42. The highest BCUT2D eigenvalue weighted by Crippen LogP contribution is 1.96. The molecule has 23 heavy (non-hydrogen) atoms. The van der Waals surface area contributed by atoms with E-state index in [0.717, 1.165) is 65.4 Å². The number of hydrogen-bond acceptors (Lipinski definition) is 5. The summed E-state index contributed by atoms with van der Waals surface area (Å²) in [6, 6.07) is 0. The van der Waals surface area contributed by atoms with Gasteiger partial charge < -0.3 is 24.7 Å². The van der Waals surface area contributed by atoms with Gasteiger partial charge in [0.1, 0.15) is 0 Å². The molecule has 0 spiro atoms. The van der Waals surface area contributed by atoms with Crippen molar-refractivity contribution in [3.05, 3.63) is 0 Å². The molecule has 5 nitrogen and oxygen atoms in total. The van der Waals surface area contributed by atoms with Crippen LogP contribution in [0.15, 0.2) is 0 Å². The normalized spacial score (nSPS) is 12.3. The third-order valence-corrected chi connectivity index (χ3v) is 4.84. The van der Waals surface area contributed by atoms with Gasteiger partial charge in [0.15, 0.2) is 0 Å². The fourth-order valence-corrected chi connectivity index (χ4v) is 2.80. The minimum atomic E-state index is 0.00886. The SMILES string of the molecule is CCN(CC)CCN(CC)CCN(CC)CCN(CC)CC[O-]. The molecule has 0 amide bonds. The number of hydrogen-bond donors (Lipinski definition) is 0. The van der Waals surface area contributed by atoms with Crippen LogP contribution in [0.3, 0.4) is 0 Å². The molecule has 0 rings (SSSR count). The summed E-state index contributed by atoms with van der Waals surface area (Å²) in [5.41, 5.74) is 0. The van der Waals surface area contributed by atoms with Gasteiger partial charge in [0.25, 0.3) is 0 Å². The molecular formula is C18H41N4O-. The topological polar surface area (TPSA) is 36.0 Å². The molecule has 0 aromatic rings. The zero-order chi connectivity index (χ0) is 17.5. The first kappa shape index (κ1) is 22.8. The van der Waals surface area contributed by atoms with Gasteiger partial charge in [-0.2, -0.15) is 0 Å². The van der Waals surface area contributed by atoms with Crippen molar-refractivity contribution in [3.8, 4) is 0 Å². The summed E-state index contributed by atoms with van der Waals surface area (Å²) >= 11 is 0. The summed E-state index contributed by atoms with van der Waals surface area (Å²) in [4.78, 5) is 9.81. The van der Waals surface area contributed by atoms with Crippen LogP contribution in [0.5, 0.6) is 0 Å². The Bertz CT molecular complexity index is 249. The fourth-order valence-electron chi connectivity index (χ4n) is 2.80. The summed E-state index contributed by atoms with van der Waals surface area (Å²) in [6.07, 6.45) is 0. The van der Waals surface area contributed by atoms with E-state index in [1.165, 1.54) is 6.54 Å². The minimum absolute atomic E-state index is 0.00886. The van der Waals surface area contributed by atoms with E-state index in [4.69, 9.17) is 0 Å². The van der Waals surface area contributed by atoms with Gasteiger partial charge in [-0.15, -0.1) is 6.61 Å². The van der Waals surface area contributed by atoms with Crippen LogP contribution in [0.4, 0.5) is 0 Å². The Hall–Kier alpha value is -0.200. The van der Waals surface area contributed by atoms with Crippen molar-refractivity contribution in [2.24, 2.45) is 0 Å². The van der Waals surface area contributed by atoms with Crippen molar-refractivity contribution in [2.45, 2.75) is 34.6 Å². The first-order valence-electron chi connectivity index (χ1n) is 9.62. The zero-order valence-corrected chi connectivity index (χ0v) is 16.4. The monoisotopic (exact) mass is 329 g/mol. The molecule has 140 valence electrons. The van der Waals surface area contributed by atoms with E-state index in [1.54, 1.807) is 0 Å². The third kappa shape index (κ3) is 11.1. The second-order valence-corrected chi connectivity index (χ2v) is 6.03. The molecule has 0 atom stereocenters. The molecule has 0 bridgehead atoms. The van der Waals surface area contributed by atoms with Gasteiger partial charge in [-0.05, 0) is 39.3 Å². The lowest BCUT2D eigenvalue weighted by Gasteiger charge is -2.30. The molecule has 0 N–H and O–H groups in total. The first-order chi connectivity index (χ1) is 11.1.